The maximum atomic E-state index is 11.9. The summed E-state index contributed by atoms with van der Waals surface area (Å²) < 4.78 is 12.3. The quantitative estimate of drug-likeness (QED) is 0.299. The molecule has 24 heavy (non-hydrogen) atoms. The average molecular weight is 397 g/mol. The van der Waals surface area contributed by atoms with E-state index in [1.54, 1.807) is 0 Å². The number of amides is 1. The third-order valence-electron chi connectivity index (χ3n) is 2.55. The van der Waals surface area contributed by atoms with Gasteiger partial charge in [0.25, 0.3) is 28.1 Å². The Kier molecular flexibility index (Phi) is 10.7. The minimum Gasteiger partial charge on any atom is -0.394 e. The van der Waals surface area contributed by atoms with Crippen molar-refractivity contribution in [2.45, 2.75) is 51.8 Å². The number of hydrogen-bond acceptors (Lipinski definition) is 5. The molecule has 0 saturated heterocycles. The first-order chi connectivity index (χ1) is 10.9. The summed E-state index contributed by atoms with van der Waals surface area (Å²) in [6, 6.07) is 0. The highest BCUT2D eigenvalue weighted by Gasteiger charge is 2.37. The predicted octanol–water partition coefficient (Wildman–Crippen LogP) is 1.90. The first kappa shape index (κ1) is 23.8. The fraction of sp³-hybridized carbons (Fsp3) is 0.800. The van der Waals surface area contributed by atoms with Crippen molar-refractivity contribution in [3.63, 3.8) is 0 Å². The normalized spacial score (nSPS) is 13.9. The number of aliphatic hydroxyl groups is 2. The van der Waals surface area contributed by atoms with E-state index >= 15 is 0 Å². The Hall–Kier alpha value is -0.166. The molecule has 0 radical (unpaired) electrons. The molecule has 0 aromatic carbocycles. The van der Waals surface area contributed by atoms with Crippen LogP contribution in [0, 0.1) is 0 Å². The lowest BCUT2D eigenvalue weighted by Gasteiger charge is -2.24. The zero-order valence-electron chi connectivity index (χ0n) is 15.9. The minimum absolute atomic E-state index is 0.0961. The number of hydrogen-bond donors (Lipinski definition) is 2. The molecule has 0 bridgehead atoms. The van der Waals surface area contributed by atoms with Crippen LogP contribution in [0.15, 0.2) is 12.7 Å². The summed E-state index contributed by atoms with van der Waals surface area (Å²) in [6.07, 6.45) is 0.986. The maximum absolute atomic E-state index is 11.9. The molecular weight excluding hydrogens is 362 g/mol. The van der Waals surface area contributed by atoms with Crippen LogP contribution in [0.2, 0.25) is 39.3 Å². The van der Waals surface area contributed by atoms with Crippen molar-refractivity contribution in [2.24, 2.45) is 0 Å². The molecule has 1 amide bonds. The van der Waals surface area contributed by atoms with E-state index in [1.807, 2.05) is 0 Å². The molecule has 0 spiro atoms. The molecule has 0 aliphatic carbocycles. The molecule has 9 heteroatoms. The smallest absolute Gasteiger partial charge is 0.290 e. The molecule has 0 aromatic heterocycles. The number of nitrogens with zero attached hydrogens (tertiary/aromatic N) is 1. The first-order valence-electron chi connectivity index (χ1n) is 8.18. The standard InChI is InChI=1S/C15H34NO5SSi2/c1-8-15(19)16(12-14(18)13-17)10-9-11-22(20-23(2,3)4)21-24(5,6)7/h8,14,17-18H,1,9-13H2,2-7H3/q+1. The second-order valence-electron chi connectivity index (χ2n) is 7.58. The zero-order chi connectivity index (χ0) is 19.0. The number of aliphatic hydroxyl groups excluding tert-OH is 2. The molecule has 0 aromatic rings. The fourth-order valence-electron chi connectivity index (χ4n) is 1.76. The lowest BCUT2D eigenvalue weighted by atomic mass is 10.3. The van der Waals surface area contributed by atoms with Crippen LogP contribution in [-0.4, -0.2) is 69.2 Å². The van der Waals surface area contributed by atoms with Gasteiger partial charge >= 0.3 is 0 Å². The van der Waals surface area contributed by atoms with Gasteiger partial charge in [0.05, 0.1) is 12.7 Å². The maximum Gasteiger partial charge on any atom is 0.290 e. The molecule has 2 N–H and O–H groups in total. The first-order valence-corrected chi connectivity index (χ1v) is 16.2. The van der Waals surface area contributed by atoms with Gasteiger partial charge in [-0.1, -0.05) is 6.58 Å². The lowest BCUT2D eigenvalue weighted by molar-refractivity contribution is -0.127. The Balaban J connectivity index is 4.68. The largest absolute Gasteiger partial charge is 0.394 e. The summed E-state index contributed by atoms with van der Waals surface area (Å²) in [5.41, 5.74) is 0. The van der Waals surface area contributed by atoms with Gasteiger partial charge in [0.15, 0.2) is 5.75 Å². The topological polar surface area (TPSA) is 79.2 Å². The van der Waals surface area contributed by atoms with E-state index in [4.69, 9.17) is 12.9 Å². The molecule has 1 unspecified atom stereocenters. The van der Waals surface area contributed by atoms with E-state index in [-0.39, 0.29) is 19.1 Å². The molecule has 0 fully saturated rings. The average Bonchev–Trinajstić information content (AvgIpc) is 2.41. The van der Waals surface area contributed by atoms with Crippen molar-refractivity contribution in [3.05, 3.63) is 12.7 Å². The molecular formula is C15H34NO5SSi2+. The Morgan fingerprint density at radius 2 is 1.71 bits per heavy atom. The molecule has 142 valence electrons. The summed E-state index contributed by atoms with van der Waals surface area (Å²) >= 11 is -0.562. The second-order valence-corrected chi connectivity index (χ2v) is 18.4. The third kappa shape index (κ3) is 12.2. The van der Waals surface area contributed by atoms with Crippen LogP contribution in [0.1, 0.15) is 6.42 Å². The molecule has 6 nitrogen and oxygen atoms in total. The van der Waals surface area contributed by atoms with Gasteiger partial charge in [0.1, 0.15) is 0 Å². The van der Waals surface area contributed by atoms with Crippen molar-refractivity contribution >= 4 is 34.0 Å². The number of rotatable bonds is 12. The Morgan fingerprint density at radius 1 is 1.21 bits per heavy atom. The van der Waals surface area contributed by atoms with Gasteiger partial charge in [-0.25, -0.2) is 0 Å². The summed E-state index contributed by atoms with van der Waals surface area (Å²) in [7, 11) is -3.44. The zero-order valence-corrected chi connectivity index (χ0v) is 18.7. The van der Waals surface area contributed by atoms with Crippen LogP contribution in [0.25, 0.3) is 0 Å². The van der Waals surface area contributed by atoms with Gasteiger partial charge in [-0.3, -0.25) is 4.79 Å². The highest BCUT2D eigenvalue weighted by atomic mass is 32.2. The van der Waals surface area contributed by atoms with Gasteiger partial charge in [-0.15, -0.1) is 0 Å². The van der Waals surface area contributed by atoms with Gasteiger partial charge < -0.3 is 15.1 Å². The van der Waals surface area contributed by atoms with Crippen LogP contribution in [-0.2, 0) is 24.0 Å². The summed E-state index contributed by atoms with van der Waals surface area (Å²) in [6.45, 7) is 16.5. The van der Waals surface area contributed by atoms with Crippen LogP contribution in [0.3, 0.4) is 0 Å². The molecule has 0 saturated carbocycles. The van der Waals surface area contributed by atoms with Gasteiger partial charge in [-0.05, 0) is 45.4 Å². The van der Waals surface area contributed by atoms with Gasteiger partial charge in [0.2, 0.25) is 5.91 Å². The predicted molar refractivity (Wildman–Crippen MR) is 106 cm³/mol. The summed E-state index contributed by atoms with van der Waals surface area (Å²) in [5.74, 6) is 0.463. The monoisotopic (exact) mass is 396 g/mol. The van der Waals surface area contributed by atoms with Crippen molar-refractivity contribution in [3.8, 4) is 0 Å². The highest BCUT2D eigenvalue weighted by Crippen LogP contribution is 2.19. The summed E-state index contributed by atoms with van der Waals surface area (Å²) in [4.78, 5) is 13.4. The van der Waals surface area contributed by atoms with Crippen LogP contribution >= 0.6 is 0 Å². The van der Waals surface area contributed by atoms with E-state index in [2.05, 4.69) is 45.9 Å². The van der Waals surface area contributed by atoms with Crippen molar-refractivity contribution in [1.82, 2.24) is 4.90 Å². The number of carbonyl (C=O) groups is 1. The van der Waals surface area contributed by atoms with E-state index < -0.39 is 34.2 Å². The van der Waals surface area contributed by atoms with E-state index in [9.17, 15) is 9.90 Å². The molecule has 1 atom stereocenters. The van der Waals surface area contributed by atoms with Gasteiger partial charge in [0, 0.05) is 19.5 Å². The van der Waals surface area contributed by atoms with Crippen LogP contribution < -0.4 is 0 Å². The van der Waals surface area contributed by atoms with Crippen molar-refractivity contribution in [1.29, 1.82) is 0 Å². The Labute approximate surface area is 151 Å². The minimum atomic E-state index is -1.72. The molecule has 0 heterocycles. The third-order valence-corrected chi connectivity index (χ3v) is 8.66. The SMILES string of the molecule is C=CC(=O)N(CCC[S+](O[Si](C)(C)C)O[Si](C)(C)C)CC(O)CO. The van der Waals surface area contributed by atoms with Crippen LogP contribution in [0.5, 0.6) is 0 Å². The Morgan fingerprint density at radius 3 is 2.08 bits per heavy atom. The van der Waals surface area contributed by atoms with Crippen molar-refractivity contribution < 1.29 is 22.8 Å². The molecule has 0 rings (SSSR count). The van der Waals surface area contributed by atoms with E-state index in [0.29, 0.717) is 18.7 Å². The van der Waals surface area contributed by atoms with E-state index in [1.165, 1.54) is 11.0 Å². The molecule has 0 aliphatic heterocycles. The van der Waals surface area contributed by atoms with E-state index in [0.717, 1.165) is 0 Å². The second kappa shape index (κ2) is 10.7. The Bertz CT molecular complexity index is 382. The number of carbonyl (C=O) groups excluding carboxylic acids is 1. The fourth-order valence-corrected chi connectivity index (χ4v) is 7.70. The van der Waals surface area contributed by atoms with Crippen molar-refractivity contribution in [2.75, 3.05) is 25.4 Å². The molecule has 0 aliphatic rings. The highest BCUT2D eigenvalue weighted by molar-refractivity contribution is 7.89. The van der Waals surface area contributed by atoms with Gasteiger partial charge in [-0.2, -0.15) is 7.74 Å². The summed E-state index contributed by atoms with van der Waals surface area (Å²) in [5, 5.41) is 18.5. The lowest BCUT2D eigenvalue weighted by Crippen LogP contribution is -2.41. The van der Waals surface area contributed by atoms with Crippen LogP contribution in [0.4, 0.5) is 0 Å².